The maximum atomic E-state index is 12.5. The Hall–Kier alpha value is -0.800. The molecule has 8 aliphatic rings. The third-order valence-electron chi connectivity index (χ3n) is 19.5. The van der Waals surface area contributed by atoms with E-state index in [1.165, 1.54) is 0 Å². The summed E-state index contributed by atoms with van der Waals surface area (Å²) in [6.45, 7) is 14.3. The molecule has 0 spiro atoms. The molecule has 4 aliphatic carbocycles. The number of rotatable bonds is 11. The minimum atomic E-state index is -1.90. The molecule has 394 valence electrons. The van der Waals surface area contributed by atoms with Crippen LogP contribution < -0.4 is 0 Å². The summed E-state index contributed by atoms with van der Waals surface area (Å²) in [5.74, 6) is -0.676. The van der Waals surface area contributed by atoms with Crippen LogP contribution in [-0.4, -0.2) is 214 Å². The molecule has 20 heteroatoms. The van der Waals surface area contributed by atoms with Gasteiger partial charge >= 0.3 is 0 Å². The summed E-state index contributed by atoms with van der Waals surface area (Å²) in [6.07, 6.45) is -22.9. The molecule has 0 radical (unpaired) electrons. The first-order valence-corrected chi connectivity index (χ1v) is 24.9. The monoisotopic (exact) mass is 979 g/mol. The SMILES string of the molecule is CC(C)(O)[C@@H]1CC[C@@](C)([C@H]2CC[C@]3(C)[C@@H]2[C@H](O)C[C@@H]2[C@@]4(C)CC[C@H](O)C(C)(C)[C@@H]4[C@@H](O[C@@H]4O[C@H](CO[C@H]5O[C@H](CO)[C@@H](O)[C@H](O)[C@H]5O)[C@@H](O)[C@H](O)[C@H]4O[C@@H]4O[C@H](CO)[C@@H](O)[C@H](O)[C@H]4O)C[C@]23C)O1. The molecule has 4 aliphatic heterocycles. The second-order valence-corrected chi connectivity index (χ2v) is 24.1. The van der Waals surface area contributed by atoms with E-state index in [1.54, 1.807) is 13.8 Å². The zero-order valence-corrected chi connectivity index (χ0v) is 40.7. The number of hydrogen-bond donors (Lipinski definition) is 13. The molecule has 0 aromatic heterocycles. The van der Waals surface area contributed by atoms with Gasteiger partial charge in [-0.05, 0) is 117 Å². The molecule has 0 aromatic rings. The maximum absolute atomic E-state index is 12.5. The second-order valence-electron chi connectivity index (χ2n) is 24.1. The van der Waals surface area contributed by atoms with Crippen LogP contribution in [0.5, 0.6) is 0 Å². The number of fused-ring (bicyclic) bond motifs is 5. The van der Waals surface area contributed by atoms with Gasteiger partial charge in [-0.2, -0.15) is 0 Å². The highest BCUT2D eigenvalue weighted by Gasteiger charge is 2.74. The zero-order chi connectivity index (χ0) is 50.0. The number of hydrogen-bond acceptors (Lipinski definition) is 20. The van der Waals surface area contributed by atoms with Crippen LogP contribution in [0.25, 0.3) is 0 Å². The number of aliphatic hydroxyl groups is 13. The summed E-state index contributed by atoms with van der Waals surface area (Å²) in [5, 5.41) is 143. The third kappa shape index (κ3) is 8.56. The first kappa shape index (κ1) is 53.5. The van der Waals surface area contributed by atoms with Crippen LogP contribution in [-0.2, 0) is 33.2 Å². The van der Waals surface area contributed by atoms with E-state index >= 15 is 0 Å². The van der Waals surface area contributed by atoms with Crippen LogP contribution in [0.4, 0.5) is 0 Å². The van der Waals surface area contributed by atoms with Crippen molar-refractivity contribution in [2.24, 2.45) is 45.3 Å². The van der Waals surface area contributed by atoms with Crippen LogP contribution in [0.15, 0.2) is 0 Å². The average molecular weight is 979 g/mol. The van der Waals surface area contributed by atoms with Crippen molar-refractivity contribution in [2.45, 2.75) is 234 Å². The minimum Gasteiger partial charge on any atom is -0.394 e. The Kier molecular flexibility index (Phi) is 14.8. The third-order valence-corrected chi connectivity index (χ3v) is 19.5. The number of ether oxygens (including phenoxy) is 7. The normalized spacial score (nSPS) is 56.2. The summed E-state index contributed by atoms with van der Waals surface area (Å²) < 4.78 is 43.7. The van der Waals surface area contributed by atoms with Crippen LogP contribution in [0.1, 0.15) is 107 Å². The average Bonchev–Trinajstić information content (AvgIpc) is 3.88. The Bertz CT molecular complexity index is 1750. The molecule has 0 aromatic carbocycles. The fraction of sp³-hybridized carbons (Fsp3) is 1.00. The van der Waals surface area contributed by atoms with Gasteiger partial charge in [0.1, 0.15) is 73.2 Å². The van der Waals surface area contributed by atoms with Gasteiger partial charge < -0.3 is 99.5 Å². The zero-order valence-electron chi connectivity index (χ0n) is 40.7. The summed E-state index contributed by atoms with van der Waals surface area (Å²) >= 11 is 0. The van der Waals surface area contributed by atoms with E-state index in [0.717, 1.165) is 19.3 Å². The molecule has 4 heterocycles. The molecule has 8 fully saturated rings. The number of aliphatic hydroxyl groups excluding tert-OH is 12. The van der Waals surface area contributed by atoms with Crippen LogP contribution >= 0.6 is 0 Å². The van der Waals surface area contributed by atoms with E-state index in [9.17, 15) is 66.4 Å². The summed E-state index contributed by atoms with van der Waals surface area (Å²) in [7, 11) is 0. The molecule has 68 heavy (non-hydrogen) atoms. The quantitative estimate of drug-likeness (QED) is 0.101. The van der Waals surface area contributed by atoms with Gasteiger partial charge in [-0.15, -0.1) is 0 Å². The standard InChI is InChI=1S/C48H82O20/c1-43(2)27(52)10-12-45(5)26-15-21(51)29-20(48(8)14-11-28(68-48)44(3,4)61)9-13-46(29,6)47(26,7)16-22(39(43)45)63-42-38(67-41-37(60)34(57)31(54)24(18-50)65-41)35(58)32(55)25(66-42)19-62-40-36(59)33(56)30(53)23(17-49)64-40/h20-42,49-61H,9-19H2,1-8H3/t20-,21+,22-,23+,24+,25+,26+,27-,28-,29-,30+,31+,32+,33-,34-,35-,36+,37+,38+,39-,40-,41-,42+,45+,46+,47+,48-/m0/s1. The van der Waals surface area contributed by atoms with Crippen molar-refractivity contribution in [1.82, 2.24) is 0 Å². The lowest BCUT2D eigenvalue weighted by Gasteiger charge is -2.72. The van der Waals surface area contributed by atoms with Crippen molar-refractivity contribution in [3.63, 3.8) is 0 Å². The van der Waals surface area contributed by atoms with Crippen LogP contribution in [0.3, 0.4) is 0 Å². The largest absolute Gasteiger partial charge is 0.394 e. The van der Waals surface area contributed by atoms with Gasteiger partial charge in [0.15, 0.2) is 18.9 Å². The van der Waals surface area contributed by atoms with Crippen LogP contribution in [0, 0.1) is 45.3 Å². The molecular formula is C48H82O20. The van der Waals surface area contributed by atoms with E-state index in [2.05, 4.69) is 27.7 Å². The highest BCUT2D eigenvalue weighted by molar-refractivity contribution is 5.22. The van der Waals surface area contributed by atoms with Gasteiger partial charge in [0, 0.05) is 0 Å². The van der Waals surface area contributed by atoms with Gasteiger partial charge in [-0.1, -0.05) is 34.6 Å². The van der Waals surface area contributed by atoms with Crippen LogP contribution in [0.2, 0.25) is 0 Å². The van der Waals surface area contributed by atoms with Crippen molar-refractivity contribution in [2.75, 3.05) is 19.8 Å². The minimum absolute atomic E-state index is 0.0266. The molecule has 0 amide bonds. The predicted molar refractivity (Wildman–Crippen MR) is 234 cm³/mol. The Morgan fingerprint density at radius 2 is 1.18 bits per heavy atom. The smallest absolute Gasteiger partial charge is 0.187 e. The lowest BCUT2D eigenvalue weighted by atomic mass is 9.34. The van der Waals surface area contributed by atoms with Gasteiger partial charge in [-0.25, -0.2) is 0 Å². The van der Waals surface area contributed by atoms with Gasteiger partial charge in [0.25, 0.3) is 0 Å². The summed E-state index contributed by atoms with van der Waals surface area (Å²) in [6, 6.07) is 0. The fourth-order valence-electron chi connectivity index (χ4n) is 15.5. The van der Waals surface area contributed by atoms with E-state index in [0.29, 0.717) is 32.1 Å². The molecule has 4 saturated heterocycles. The van der Waals surface area contributed by atoms with E-state index < -0.39 is 169 Å². The van der Waals surface area contributed by atoms with Gasteiger partial charge in [0.2, 0.25) is 0 Å². The van der Waals surface area contributed by atoms with Crippen molar-refractivity contribution < 1.29 is 99.5 Å². The summed E-state index contributed by atoms with van der Waals surface area (Å²) in [4.78, 5) is 0. The second kappa shape index (κ2) is 18.8. The molecular weight excluding hydrogens is 897 g/mol. The Morgan fingerprint density at radius 1 is 0.603 bits per heavy atom. The molecule has 13 N–H and O–H groups in total. The van der Waals surface area contributed by atoms with Gasteiger partial charge in [0.05, 0.1) is 55.4 Å². The highest BCUT2D eigenvalue weighted by Crippen LogP contribution is 2.76. The maximum Gasteiger partial charge on any atom is 0.187 e. The molecule has 8 rings (SSSR count). The highest BCUT2D eigenvalue weighted by atomic mass is 16.8. The Labute approximate surface area is 398 Å². The topological polar surface area (TPSA) is 328 Å². The van der Waals surface area contributed by atoms with Gasteiger partial charge in [-0.3, -0.25) is 0 Å². The van der Waals surface area contributed by atoms with Crippen molar-refractivity contribution in [1.29, 1.82) is 0 Å². The van der Waals surface area contributed by atoms with E-state index in [-0.39, 0.29) is 23.9 Å². The predicted octanol–water partition coefficient (Wildman–Crippen LogP) is -1.84. The first-order chi connectivity index (χ1) is 31.6. The van der Waals surface area contributed by atoms with Crippen molar-refractivity contribution >= 4 is 0 Å². The lowest BCUT2D eigenvalue weighted by Crippen LogP contribution is -2.71. The molecule has 4 saturated carbocycles. The molecule has 27 atom stereocenters. The molecule has 0 unspecified atom stereocenters. The fourth-order valence-corrected chi connectivity index (χ4v) is 15.5. The Balaban J connectivity index is 1.15. The molecule has 20 nitrogen and oxygen atoms in total. The van der Waals surface area contributed by atoms with Crippen molar-refractivity contribution in [3.8, 4) is 0 Å². The van der Waals surface area contributed by atoms with E-state index in [4.69, 9.17) is 33.2 Å². The summed E-state index contributed by atoms with van der Waals surface area (Å²) in [5.41, 5.74) is -4.00. The Morgan fingerprint density at radius 3 is 1.76 bits per heavy atom. The first-order valence-electron chi connectivity index (χ1n) is 24.9. The van der Waals surface area contributed by atoms with E-state index in [1.807, 2.05) is 13.8 Å². The lowest BCUT2D eigenvalue weighted by molar-refractivity contribution is -0.387. The van der Waals surface area contributed by atoms with Crippen molar-refractivity contribution in [3.05, 3.63) is 0 Å². The molecule has 0 bridgehead atoms.